The van der Waals surface area contributed by atoms with Crippen molar-refractivity contribution in [2.45, 2.75) is 26.8 Å². The Morgan fingerprint density at radius 1 is 1.14 bits per heavy atom. The highest BCUT2D eigenvalue weighted by atomic mass is 16.5. The normalized spacial score (nSPS) is 12.5. The monoisotopic (exact) mass is 489 g/mol. The largest absolute Gasteiger partial charge is 0.465 e. The highest BCUT2D eigenvalue weighted by Gasteiger charge is 2.24. The topological polar surface area (TPSA) is 114 Å². The van der Waals surface area contributed by atoms with Crippen LogP contribution in [-0.4, -0.2) is 56.9 Å². The summed E-state index contributed by atoms with van der Waals surface area (Å²) in [7, 11) is 1.64. The number of tetrazole rings is 1. The summed E-state index contributed by atoms with van der Waals surface area (Å²) >= 11 is 0. The van der Waals surface area contributed by atoms with E-state index >= 15 is 0 Å². The van der Waals surface area contributed by atoms with E-state index in [0.29, 0.717) is 29.3 Å². The summed E-state index contributed by atoms with van der Waals surface area (Å²) < 4.78 is 19.4. The van der Waals surface area contributed by atoms with E-state index in [9.17, 15) is 9.59 Å². The standard InChI is InChI=1S/C26H27N5O5/c1-17-13-22(19(3)30(17)18(2)15-34-4)24(32)16-36-26(33)23(14-21-11-8-12-35-21)31-25(27-28-29-31)20-9-6-5-7-10-20/h5-14,18H,15-16H2,1-4H3/b23-14-. The summed E-state index contributed by atoms with van der Waals surface area (Å²) in [4.78, 5) is 26.2. The van der Waals surface area contributed by atoms with Crippen LogP contribution in [0, 0.1) is 13.8 Å². The van der Waals surface area contributed by atoms with Crippen LogP contribution in [0.25, 0.3) is 23.2 Å². The third-order valence-electron chi connectivity index (χ3n) is 5.73. The van der Waals surface area contributed by atoms with Gasteiger partial charge in [0.2, 0.25) is 5.78 Å². The van der Waals surface area contributed by atoms with Crippen LogP contribution in [0.15, 0.2) is 59.2 Å². The van der Waals surface area contributed by atoms with Crippen LogP contribution in [0.5, 0.6) is 0 Å². The minimum Gasteiger partial charge on any atom is -0.465 e. The maximum atomic E-state index is 13.2. The van der Waals surface area contributed by atoms with Crippen molar-refractivity contribution in [2.75, 3.05) is 20.3 Å². The molecule has 0 bridgehead atoms. The molecule has 0 aliphatic carbocycles. The van der Waals surface area contributed by atoms with Crippen LogP contribution >= 0.6 is 0 Å². The number of benzene rings is 1. The molecule has 0 amide bonds. The van der Waals surface area contributed by atoms with Gasteiger partial charge in [-0.3, -0.25) is 4.79 Å². The zero-order valence-electron chi connectivity index (χ0n) is 20.5. The molecule has 0 N–H and O–H groups in total. The average molecular weight is 490 g/mol. The Kier molecular flexibility index (Phi) is 7.55. The number of aromatic nitrogens is 5. The molecule has 3 aromatic heterocycles. The molecule has 0 fully saturated rings. The minimum absolute atomic E-state index is 0.000734. The molecule has 0 saturated heterocycles. The Balaban J connectivity index is 1.59. The Morgan fingerprint density at radius 2 is 1.92 bits per heavy atom. The number of rotatable bonds is 10. The van der Waals surface area contributed by atoms with Gasteiger partial charge in [-0.1, -0.05) is 30.3 Å². The van der Waals surface area contributed by atoms with Crippen molar-refractivity contribution in [3.05, 3.63) is 77.5 Å². The molecule has 0 aliphatic rings. The molecule has 4 rings (SSSR count). The second-order valence-corrected chi connectivity index (χ2v) is 8.28. The van der Waals surface area contributed by atoms with Crippen molar-refractivity contribution in [1.82, 2.24) is 24.8 Å². The van der Waals surface area contributed by atoms with Crippen molar-refractivity contribution in [3.63, 3.8) is 0 Å². The molecule has 1 unspecified atom stereocenters. The molecule has 4 aromatic rings. The quantitative estimate of drug-likeness (QED) is 0.187. The van der Waals surface area contributed by atoms with Gasteiger partial charge >= 0.3 is 5.97 Å². The van der Waals surface area contributed by atoms with E-state index in [1.165, 1.54) is 17.0 Å². The van der Waals surface area contributed by atoms with Crippen LogP contribution in [0.2, 0.25) is 0 Å². The molecule has 3 heterocycles. The van der Waals surface area contributed by atoms with Crippen LogP contribution < -0.4 is 0 Å². The van der Waals surface area contributed by atoms with Crippen molar-refractivity contribution in [3.8, 4) is 11.4 Å². The number of nitrogens with zero attached hydrogens (tertiary/aromatic N) is 5. The zero-order valence-corrected chi connectivity index (χ0v) is 20.5. The second-order valence-electron chi connectivity index (χ2n) is 8.28. The highest BCUT2D eigenvalue weighted by molar-refractivity contribution is 6.16. The number of hydrogen-bond acceptors (Lipinski definition) is 8. The van der Waals surface area contributed by atoms with Crippen LogP contribution in [0.1, 0.15) is 40.5 Å². The van der Waals surface area contributed by atoms with Crippen LogP contribution in [0.3, 0.4) is 0 Å². The molecule has 10 nitrogen and oxygen atoms in total. The van der Waals surface area contributed by atoms with E-state index in [-0.39, 0.29) is 17.5 Å². The van der Waals surface area contributed by atoms with Gasteiger partial charge in [-0.25, -0.2) is 4.79 Å². The predicted molar refractivity (Wildman–Crippen MR) is 132 cm³/mol. The van der Waals surface area contributed by atoms with Gasteiger partial charge in [0.1, 0.15) is 5.76 Å². The number of esters is 1. The number of carbonyl (C=O) groups is 2. The number of aryl methyl sites for hydroxylation is 1. The smallest absolute Gasteiger partial charge is 0.357 e. The van der Waals surface area contributed by atoms with Crippen molar-refractivity contribution in [2.24, 2.45) is 0 Å². The summed E-state index contributed by atoms with van der Waals surface area (Å²) in [6, 6.07) is 14.4. The van der Waals surface area contributed by atoms with Gasteiger partial charge in [0.25, 0.3) is 0 Å². The molecule has 0 radical (unpaired) electrons. The molecule has 1 aromatic carbocycles. The summed E-state index contributed by atoms with van der Waals surface area (Å²) in [5, 5.41) is 11.8. The van der Waals surface area contributed by atoms with Gasteiger partial charge in [0.15, 0.2) is 18.1 Å². The maximum Gasteiger partial charge on any atom is 0.357 e. The lowest BCUT2D eigenvalue weighted by Gasteiger charge is -2.17. The summed E-state index contributed by atoms with van der Waals surface area (Å²) in [5.41, 5.74) is 2.91. The lowest BCUT2D eigenvalue weighted by atomic mass is 10.1. The van der Waals surface area contributed by atoms with E-state index in [4.69, 9.17) is 13.9 Å². The van der Waals surface area contributed by atoms with Crippen molar-refractivity contribution >= 4 is 23.5 Å². The average Bonchev–Trinajstić information content (AvgIpc) is 3.62. The van der Waals surface area contributed by atoms with Gasteiger partial charge in [-0.15, -0.1) is 5.10 Å². The molecule has 0 aliphatic heterocycles. The maximum absolute atomic E-state index is 13.2. The third kappa shape index (κ3) is 5.18. The molecular weight excluding hydrogens is 462 g/mol. The fourth-order valence-electron chi connectivity index (χ4n) is 4.17. The Labute approximate surface area is 208 Å². The van der Waals surface area contributed by atoms with Crippen LogP contribution in [-0.2, 0) is 14.3 Å². The van der Waals surface area contributed by atoms with E-state index < -0.39 is 12.6 Å². The van der Waals surface area contributed by atoms with E-state index in [1.54, 1.807) is 25.3 Å². The molecule has 1 atom stereocenters. The van der Waals surface area contributed by atoms with Crippen LogP contribution in [0.4, 0.5) is 0 Å². The first-order chi connectivity index (χ1) is 17.4. The molecule has 0 spiro atoms. The Hall–Kier alpha value is -4.31. The number of Topliss-reactive ketones (excluding diaryl/α,β-unsaturated/α-hetero) is 1. The van der Waals surface area contributed by atoms with E-state index in [1.807, 2.05) is 55.7 Å². The lowest BCUT2D eigenvalue weighted by molar-refractivity contribution is -0.136. The SMILES string of the molecule is COCC(C)n1c(C)cc(C(=O)COC(=O)/C(=C/c2ccco2)n2nnnc2-c2ccccc2)c1C. The van der Waals surface area contributed by atoms with Gasteiger partial charge in [-0.2, -0.15) is 4.68 Å². The zero-order chi connectivity index (χ0) is 25.7. The van der Waals surface area contributed by atoms with Crippen molar-refractivity contribution < 1.29 is 23.5 Å². The predicted octanol–water partition coefficient (Wildman–Crippen LogP) is 3.98. The summed E-state index contributed by atoms with van der Waals surface area (Å²) in [6.45, 7) is 5.87. The number of hydrogen-bond donors (Lipinski definition) is 0. The second kappa shape index (κ2) is 11.0. The number of ether oxygens (including phenoxy) is 2. The number of ketones is 1. The number of furan rings is 1. The molecular formula is C26H27N5O5. The first-order valence-electron chi connectivity index (χ1n) is 11.4. The highest BCUT2D eigenvalue weighted by Crippen LogP contribution is 2.23. The number of carbonyl (C=O) groups excluding carboxylic acids is 2. The number of methoxy groups -OCH3 is 1. The Morgan fingerprint density at radius 3 is 2.61 bits per heavy atom. The summed E-state index contributed by atoms with van der Waals surface area (Å²) in [5.74, 6) is -0.346. The van der Waals surface area contributed by atoms with Gasteiger partial charge < -0.3 is 18.5 Å². The first kappa shape index (κ1) is 24.8. The summed E-state index contributed by atoms with van der Waals surface area (Å²) in [6.07, 6.45) is 2.95. The van der Waals surface area contributed by atoms with Gasteiger partial charge in [0, 0.05) is 35.7 Å². The van der Waals surface area contributed by atoms with E-state index in [0.717, 1.165) is 11.4 Å². The van der Waals surface area contributed by atoms with Crippen molar-refractivity contribution in [1.29, 1.82) is 0 Å². The van der Waals surface area contributed by atoms with Gasteiger partial charge in [0.05, 0.1) is 18.9 Å². The minimum atomic E-state index is -0.772. The fraction of sp³-hybridized carbons (Fsp3) is 0.269. The fourth-order valence-corrected chi connectivity index (χ4v) is 4.17. The molecule has 0 saturated carbocycles. The molecule has 10 heteroatoms. The molecule has 186 valence electrons. The third-order valence-corrected chi connectivity index (χ3v) is 5.73. The lowest BCUT2D eigenvalue weighted by Crippen LogP contribution is -2.20. The molecule has 36 heavy (non-hydrogen) atoms. The Bertz CT molecular complexity index is 1370. The van der Waals surface area contributed by atoms with Gasteiger partial charge in [-0.05, 0) is 49.4 Å². The van der Waals surface area contributed by atoms with E-state index in [2.05, 4.69) is 15.5 Å². The first-order valence-corrected chi connectivity index (χ1v) is 11.4.